The number of anilines is 1. The molecule has 0 bridgehead atoms. The van der Waals surface area contributed by atoms with Crippen LogP contribution >= 0.6 is 11.6 Å². The van der Waals surface area contributed by atoms with E-state index in [1.54, 1.807) is 18.2 Å². The highest BCUT2D eigenvalue weighted by molar-refractivity contribution is 6.30. The van der Waals surface area contributed by atoms with Gasteiger partial charge in [0.1, 0.15) is 12.5 Å². The average molecular weight is 346 g/mol. The normalized spacial score (nSPS) is 16.5. The number of amides is 1. The predicted molar refractivity (Wildman–Crippen MR) is 90.7 cm³/mol. The maximum Gasteiger partial charge on any atom is 0.274 e. The third-order valence-electron chi connectivity index (χ3n) is 3.79. The maximum atomic E-state index is 12.8. The zero-order valence-corrected chi connectivity index (χ0v) is 13.8. The number of ketones is 1. The summed E-state index contributed by atoms with van der Waals surface area (Å²) in [6, 6.07) is 14.2. The number of fused-ring (bicyclic) bond motifs is 1. The van der Waals surface area contributed by atoms with Gasteiger partial charge in [-0.25, -0.2) is 0 Å². The van der Waals surface area contributed by atoms with E-state index < -0.39 is 6.10 Å². The topological polar surface area (TPSA) is 55.8 Å². The lowest BCUT2D eigenvalue weighted by Crippen LogP contribution is -2.42. The third-order valence-corrected chi connectivity index (χ3v) is 4.03. The summed E-state index contributed by atoms with van der Waals surface area (Å²) in [4.78, 5) is 26.1. The minimum Gasteiger partial charge on any atom is -0.474 e. The smallest absolute Gasteiger partial charge is 0.274 e. The molecule has 0 aromatic heterocycles. The van der Waals surface area contributed by atoms with Crippen molar-refractivity contribution in [2.75, 3.05) is 24.6 Å². The molecule has 2 aromatic rings. The third kappa shape index (κ3) is 3.00. The van der Waals surface area contributed by atoms with Gasteiger partial charge in [-0.2, -0.15) is 0 Å². The van der Waals surface area contributed by atoms with Gasteiger partial charge in [0.25, 0.3) is 5.91 Å². The Kier molecular flexibility index (Phi) is 4.83. The van der Waals surface area contributed by atoms with Crippen LogP contribution in [0.25, 0.3) is 0 Å². The number of Topliss-reactive ketones (excluding diaryl/α,β-unsaturated/α-hetero) is 1. The fourth-order valence-corrected chi connectivity index (χ4v) is 2.77. The number of benzene rings is 2. The lowest BCUT2D eigenvalue weighted by Gasteiger charge is -2.34. The van der Waals surface area contributed by atoms with Crippen LogP contribution in [0.2, 0.25) is 0 Å². The first kappa shape index (κ1) is 16.5. The van der Waals surface area contributed by atoms with Gasteiger partial charge in [0.2, 0.25) is 6.10 Å². The van der Waals surface area contributed by atoms with Crippen molar-refractivity contribution in [1.82, 2.24) is 0 Å². The summed E-state index contributed by atoms with van der Waals surface area (Å²) < 4.78 is 11.0. The molecule has 1 heterocycles. The summed E-state index contributed by atoms with van der Waals surface area (Å²) in [6.45, 7) is 0.0665. The van der Waals surface area contributed by atoms with Crippen LogP contribution in [0.3, 0.4) is 0 Å². The summed E-state index contributed by atoms with van der Waals surface area (Å²) >= 11 is 5.61. The van der Waals surface area contributed by atoms with Gasteiger partial charge < -0.3 is 9.47 Å². The van der Waals surface area contributed by atoms with E-state index in [0.29, 0.717) is 17.0 Å². The highest BCUT2D eigenvalue weighted by Crippen LogP contribution is 2.39. The lowest BCUT2D eigenvalue weighted by molar-refractivity contribution is -0.127. The van der Waals surface area contributed by atoms with E-state index >= 15 is 0 Å². The Morgan fingerprint density at radius 1 is 1.25 bits per heavy atom. The van der Waals surface area contributed by atoms with Crippen LogP contribution in [0.4, 0.5) is 5.69 Å². The number of alkyl halides is 1. The number of methoxy groups -OCH3 is 1. The molecule has 0 saturated heterocycles. The first-order chi connectivity index (χ1) is 11.7. The summed E-state index contributed by atoms with van der Waals surface area (Å²) in [5, 5.41) is 0. The van der Waals surface area contributed by atoms with Crippen LogP contribution in [0.15, 0.2) is 48.5 Å². The van der Waals surface area contributed by atoms with Crippen LogP contribution in [-0.2, 0) is 9.53 Å². The van der Waals surface area contributed by atoms with Gasteiger partial charge in [-0.15, -0.1) is 11.6 Å². The number of halogens is 1. The molecule has 0 saturated carbocycles. The quantitative estimate of drug-likeness (QED) is 0.617. The standard InChI is InChI=1S/C18H16ClNO4/c1-23-11-20-14-9-13(15(21)10-19)7-8-16(14)24-17(18(20)22)12-5-3-2-4-6-12/h2-9,17H,10-11H2,1H3. The highest BCUT2D eigenvalue weighted by atomic mass is 35.5. The molecule has 1 amide bonds. The van der Waals surface area contributed by atoms with E-state index in [4.69, 9.17) is 21.1 Å². The molecule has 1 atom stereocenters. The molecule has 6 heteroatoms. The van der Waals surface area contributed by atoms with Crippen molar-refractivity contribution in [2.45, 2.75) is 6.10 Å². The number of carbonyl (C=O) groups excluding carboxylic acids is 2. The van der Waals surface area contributed by atoms with E-state index in [1.807, 2.05) is 30.3 Å². The fourth-order valence-electron chi connectivity index (χ4n) is 2.62. The van der Waals surface area contributed by atoms with E-state index in [2.05, 4.69) is 0 Å². The number of rotatable bonds is 5. The highest BCUT2D eigenvalue weighted by Gasteiger charge is 2.35. The predicted octanol–water partition coefficient (Wildman–Crippen LogP) is 3.18. The minimum atomic E-state index is -0.747. The number of carbonyl (C=O) groups is 2. The van der Waals surface area contributed by atoms with Gasteiger partial charge in [0.05, 0.1) is 11.6 Å². The van der Waals surface area contributed by atoms with Crippen LogP contribution in [-0.4, -0.2) is 31.4 Å². The van der Waals surface area contributed by atoms with Gasteiger partial charge in [0, 0.05) is 18.2 Å². The number of nitrogens with zero attached hydrogens (tertiary/aromatic N) is 1. The second kappa shape index (κ2) is 7.03. The molecule has 0 fully saturated rings. The molecule has 2 aromatic carbocycles. The van der Waals surface area contributed by atoms with Crippen molar-refractivity contribution in [3.05, 3.63) is 59.7 Å². The van der Waals surface area contributed by atoms with E-state index in [0.717, 1.165) is 5.56 Å². The second-order valence-electron chi connectivity index (χ2n) is 5.33. The van der Waals surface area contributed by atoms with Gasteiger partial charge in [-0.05, 0) is 18.2 Å². The lowest BCUT2D eigenvalue weighted by atomic mass is 10.0. The Morgan fingerprint density at radius 2 is 2.00 bits per heavy atom. The Labute approximate surface area is 144 Å². The first-order valence-corrected chi connectivity index (χ1v) is 7.94. The Morgan fingerprint density at radius 3 is 2.67 bits per heavy atom. The zero-order valence-electron chi connectivity index (χ0n) is 13.1. The summed E-state index contributed by atoms with van der Waals surface area (Å²) in [7, 11) is 1.51. The number of ether oxygens (including phenoxy) is 2. The Balaban J connectivity index is 2.04. The average Bonchev–Trinajstić information content (AvgIpc) is 2.63. The number of hydrogen-bond donors (Lipinski definition) is 0. The van der Waals surface area contributed by atoms with Crippen molar-refractivity contribution in [3.8, 4) is 5.75 Å². The van der Waals surface area contributed by atoms with Gasteiger partial charge in [-0.3, -0.25) is 14.5 Å². The molecule has 5 nitrogen and oxygen atoms in total. The molecular formula is C18H16ClNO4. The molecule has 124 valence electrons. The molecule has 24 heavy (non-hydrogen) atoms. The van der Waals surface area contributed by atoms with Crippen LogP contribution in [0, 0.1) is 0 Å². The molecule has 0 N–H and O–H groups in total. The van der Waals surface area contributed by atoms with Gasteiger partial charge in [-0.1, -0.05) is 30.3 Å². The molecular weight excluding hydrogens is 330 g/mol. The summed E-state index contributed by atoms with van der Waals surface area (Å²) in [5.74, 6) is -0.0584. The minimum absolute atomic E-state index is 0.0665. The van der Waals surface area contributed by atoms with E-state index in [9.17, 15) is 9.59 Å². The van der Waals surface area contributed by atoms with Crippen molar-refractivity contribution < 1.29 is 19.1 Å². The largest absolute Gasteiger partial charge is 0.474 e. The molecule has 0 spiro atoms. The van der Waals surface area contributed by atoms with Gasteiger partial charge in [0.15, 0.2) is 5.78 Å². The molecule has 0 aliphatic carbocycles. The first-order valence-electron chi connectivity index (χ1n) is 7.41. The van der Waals surface area contributed by atoms with Crippen LogP contribution in [0.1, 0.15) is 22.0 Å². The summed E-state index contributed by atoms with van der Waals surface area (Å²) in [6.07, 6.45) is -0.747. The van der Waals surface area contributed by atoms with Crippen LogP contribution < -0.4 is 9.64 Å². The van der Waals surface area contributed by atoms with Gasteiger partial charge >= 0.3 is 0 Å². The maximum absolute atomic E-state index is 12.8. The molecule has 0 radical (unpaired) electrons. The molecule has 1 unspecified atom stereocenters. The Hall–Kier alpha value is -2.37. The van der Waals surface area contributed by atoms with Crippen molar-refractivity contribution in [1.29, 1.82) is 0 Å². The zero-order chi connectivity index (χ0) is 17.1. The molecule has 3 rings (SSSR count). The van der Waals surface area contributed by atoms with E-state index in [-0.39, 0.29) is 24.3 Å². The monoisotopic (exact) mass is 345 g/mol. The van der Waals surface area contributed by atoms with Crippen LogP contribution in [0.5, 0.6) is 5.75 Å². The van der Waals surface area contributed by atoms with Crippen molar-refractivity contribution in [2.24, 2.45) is 0 Å². The molecule has 1 aliphatic heterocycles. The molecule has 1 aliphatic rings. The number of hydrogen-bond acceptors (Lipinski definition) is 4. The van der Waals surface area contributed by atoms with E-state index in [1.165, 1.54) is 12.0 Å². The van der Waals surface area contributed by atoms with Crippen molar-refractivity contribution in [3.63, 3.8) is 0 Å². The SMILES string of the molecule is COCN1C(=O)C(c2ccccc2)Oc2ccc(C(=O)CCl)cc21. The van der Waals surface area contributed by atoms with Crippen molar-refractivity contribution >= 4 is 29.0 Å². The fraction of sp³-hybridized carbons (Fsp3) is 0.222. The summed E-state index contributed by atoms with van der Waals surface area (Å²) in [5.41, 5.74) is 1.69. The second-order valence-corrected chi connectivity index (χ2v) is 5.60. The Bertz CT molecular complexity index is 763.